The first-order chi connectivity index (χ1) is 16.2. The van der Waals surface area contributed by atoms with Crippen LogP contribution < -0.4 is 0 Å². The van der Waals surface area contributed by atoms with Crippen molar-refractivity contribution in [1.29, 1.82) is 0 Å². The van der Waals surface area contributed by atoms with E-state index < -0.39 is 62.3 Å². The van der Waals surface area contributed by atoms with Crippen LogP contribution in [0, 0.1) is 0 Å². The van der Waals surface area contributed by atoms with Gasteiger partial charge in [-0.1, -0.05) is 0 Å². The van der Waals surface area contributed by atoms with E-state index in [2.05, 4.69) is 0 Å². The molecule has 0 aliphatic carbocycles. The number of phenols is 6. The molecular formula is C18H15AlO15S3. The monoisotopic (exact) mass is 594 g/mol. The normalized spacial score (nSPS) is 11.1. The Morgan fingerprint density at radius 3 is 0.757 bits per heavy atom. The van der Waals surface area contributed by atoms with E-state index >= 15 is 0 Å². The minimum absolute atomic E-state index is 0. The van der Waals surface area contributed by atoms with Gasteiger partial charge in [0, 0.05) is 18.2 Å². The molecule has 3 aromatic carbocycles. The topological polar surface area (TPSA) is 293 Å². The molecule has 19 heteroatoms. The molecule has 198 valence electrons. The summed E-state index contributed by atoms with van der Waals surface area (Å²) in [6.45, 7) is 0. The van der Waals surface area contributed by atoms with Crippen LogP contribution in [-0.4, -0.2) is 86.9 Å². The Kier molecular flexibility index (Phi) is 11.7. The zero-order chi connectivity index (χ0) is 28.1. The fraction of sp³-hybridized carbons (Fsp3) is 0. The van der Waals surface area contributed by atoms with Crippen molar-refractivity contribution >= 4 is 47.7 Å². The molecule has 0 amide bonds. The van der Waals surface area contributed by atoms with Gasteiger partial charge in [-0.05, 0) is 36.4 Å². The molecule has 0 bridgehead atoms. The van der Waals surface area contributed by atoms with Crippen LogP contribution in [0.1, 0.15) is 0 Å². The zero-order valence-corrected chi connectivity index (χ0v) is 21.5. The summed E-state index contributed by atoms with van der Waals surface area (Å²) in [4.78, 5) is -2.21. The molecule has 0 aliphatic rings. The van der Waals surface area contributed by atoms with Gasteiger partial charge in [0.15, 0.2) is 0 Å². The van der Waals surface area contributed by atoms with E-state index in [4.69, 9.17) is 30.6 Å². The molecule has 6 N–H and O–H groups in total. The number of hydrogen-bond acceptors (Lipinski definition) is 15. The average Bonchev–Trinajstić information content (AvgIpc) is 2.65. The molecule has 0 heterocycles. The third-order valence-electron chi connectivity index (χ3n) is 3.64. The van der Waals surface area contributed by atoms with Crippen LogP contribution in [0.5, 0.6) is 34.5 Å². The molecule has 37 heavy (non-hydrogen) atoms. The summed E-state index contributed by atoms with van der Waals surface area (Å²) in [5.74, 6) is -3.15. The minimum Gasteiger partial charge on any atom is -0.744 e. The van der Waals surface area contributed by atoms with Crippen LogP contribution in [0.25, 0.3) is 0 Å². The number of aromatic hydroxyl groups is 6. The van der Waals surface area contributed by atoms with Crippen LogP contribution in [0.2, 0.25) is 0 Å². The molecule has 15 nitrogen and oxygen atoms in total. The molecule has 0 spiro atoms. The van der Waals surface area contributed by atoms with E-state index in [0.717, 1.165) is 54.6 Å². The summed E-state index contributed by atoms with van der Waals surface area (Å²) < 4.78 is 93.3. The smallest absolute Gasteiger partial charge is 0.744 e. The fourth-order valence-corrected chi connectivity index (χ4v) is 3.80. The van der Waals surface area contributed by atoms with Gasteiger partial charge in [-0.2, -0.15) is 0 Å². The molecule has 0 saturated carbocycles. The predicted octanol–water partition coefficient (Wildman–Crippen LogP) is -0.375. The molecule has 0 atom stereocenters. The van der Waals surface area contributed by atoms with Crippen LogP contribution in [0.4, 0.5) is 0 Å². The van der Waals surface area contributed by atoms with Crippen LogP contribution >= 0.6 is 0 Å². The summed E-state index contributed by atoms with van der Waals surface area (Å²) in [5.41, 5.74) is 0. The summed E-state index contributed by atoms with van der Waals surface area (Å²) in [6.07, 6.45) is 0. The molecule has 0 radical (unpaired) electrons. The first-order valence-corrected chi connectivity index (χ1v) is 12.9. The van der Waals surface area contributed by atoms with Crippen molar-refractivity contribution in [3.05, 3.63) is 54.6 Å². The molecule has 3 aromatic rings. The van der Waals surface area contributed by atoms with Crippen molar-refractivity contribution in [3.63, 3.8) is 0 Å². The maximum Gasteiger partial charge on any atom is 3.00 e. The van der Waals surface area contributed by atoms with Gasteiger partial charge in [-0.3, -0.25) is 0 Å². The Labute approximate surface area is 220 Å². The van der Waals surface area contributed by atoms with E-state index in [1.54, 1.807) is 0 Å². The predicted molar refractivity (Wildman–Crippen MR) is 119 cm³/mol. The number of phenolic OH excluding ortho intramolecular Hbond substituents is 6. The van der Waals surface area contributed by atoms with Crippen molar-refractivity contribution in [1.82, 2.24) is 0 Å². The number of benzene rings is 3. The standard InChI is InChI=1S/3C6H6O5S.Al/c3*7-4-1-2-6(5(8)3-4)12(9,10)11;/h3*1-3,7-8H,(H,9,10,11);/q;;;+3/p-3. The van der Waals surface area contributed by atoms with Crippen molar-refractivity contribution in [2.45, 2.75) is 14.7 Å². The third kappa shape index (κ3) is 10.7. The van der Waals surface area contributed by atoms with Crippen molar-refractivity contribution in [2.75, 3.05) is 0 Å². The fourth-order valence-electron chi connectivity index (χ4n) is 2.15. The third-order valence-corrected chi connectivity index (χ3v) is 6.29. The van der Waals surface area contributed by atoms with Crippen molar-refractivity contribution in [3.8, 4) is 34.5 Å². The summed E-state index contributed by atoms with van der Waals surface area (Å²) >= 11 is 0. The number of rotatable bonds is 3. The van der Waals surface area contributed by atoms with Gasteiger partial charge >= 0.3 is 17.4 Å². The maximum atomic E-state index is 10.4. The Balaban J connectivity index is 0.000000518. The molecule has 0 aromatic heterocycles. The zero-order valence-electron chi connectivity index (χ0n) is 17.9. The van der Waals surface area contributed by atoms with E-state index in [9.17, 15) is 38.9 Å². The van der Waals surface area contributed by atoms with Gasteiger partial charge in [0.25, 0.3) is 0 Å². The SMILES string of the molecule is O=S(=O)([O-])c1ccc(O)cc1O.O=S(=O)([O-])c1ccc(O)cc1O.O=S(=O)([O-])c1ccc(O)cc1O.[Al+3]. The van der Waals surface area contributed by atoms with Crippen LogP contribution in [0.15, 0.2) is 69.3 Å². The Morgan fingerprint density at radius 2 is 0.622 bits per heavy atom. The van der Waals surface area contributed by atoms with Gasteiger partial charge in [0.05, 0.1) is 14.7 Å². The first kappa shape index (κ1) is 33.7. The molecule has 0 aliphatic heterocycles. The summed E-state index contributed by atoms with van der Waals surface area (Å²) in [6, 6.07) is 7.88. The Hall–Kier alpha value is -3.28. The van der Waals surface area contributed by atoms with E-state index in [1.807, 2.05) is 0 Å². The molecule has 3 rings (SSSR count). The molecular weight excluding hydrogens is 579 g/mol. The van der Waals surface area contributed by atoms with E-state index in [-0.39, 0.29) is 34.6 Å². The molecule has 0 fully saturated rings. The van der Waals surface area contributed by atoms with Crippen molar-refractivity contribution < 1.29 is 69.6 Å². The number of hydrogen-bond donors (Lipinski definition) is 6. The maximum absolute atomic E-state index is 10.4. The quantitative estimate of drug-likeness (QED) is 0.166. The summed E-state index contributed by atoms with van der Waals surface area (Å²) in [7, 11) is -14.0. The van der Waals surface area contributed by atoms with E-state index in [1.165, 1.54) is 0 Å². The Bertz CT molecular complexity index is 1380. The second-order valence-corrected chi connectivity index (χ2v) is 10.4. The van der Waals surface area contributed by atoms with Crippen LogP contribution in [-0.2, 0) is 30.4 Å². The minimum atomic E-state index is -4.66. The summed E-state index contributed by atoms with van der Waals surface area (Å²) in [5, 5.41) is 52.9. The second kappa shape index (κ2) is 12.8. The Morgan fingerprint density at radius 1 is 0.432 bits per heavy atom. The molecule has 0 saturated heterocycles. The van der Waals surface area contributed by atoms with Gasteiger partial charge in [-0.15, -0.1) is 0 Å². The first-order valence-electron chi connectivity index (χ1n) is 8.67. The largest absolute Gasteiger partial charge is 3.00 e. The van der Waals surface area contributed by atoms with Gasteiger partial charge in [0.2, 0.25) is 0 Å². The average molecular weight is 594 g/mol. The second-order valence-electron chi connectivity index (χ2n) is 6.32. The van der Waals surface area contributed by atoms with Crippen molar-refractivity contribution in [2.24, 2.45) is 0 Å². The van der Waals surface area contributed by atoms with E-state index in [0.29, 0.717) is 0 Å². The van der Waals surface area contributed by atoms with Gasteiger partial charge in [0.1, 0.15) is 64.9 Å². The van der Waals surface area contributed by atoms with Gasteiger partial charge < -0.3 is 44.3 Å². The van der Waals surface area contributed by atoms with Gasteiger partial charge in [-0.25, -0.2) is 25.3 Å². The molecule has 0 unspecified atom stereocenters. The van der Waals surface area contributed by atoms with Crippen LogP contribution in [0.3, 0.4) is 0 Å².